The monoisotopic (exact) mass is 825 g/mol. The second-order valence-corrected chi connectivity index (χ2v) is 16.2. The topological polar surface area (TPSA) is 149 Å². The van der Waals surface area contributed by atoms with Gasteiger partial charge in [0.05, 0.1) is 19.8 Å². The Labute approximate surface area is 346 Å². The van der Waals surface area contributed by atoms with Crippen molar-refractivity contribution in [1.82, 2.24) is 0 Å². The first kappa shape index (κ1) is 54.7. The maximum Gasteiger partial charge on any atom is 0.472 e. The molecule has 0 aliphatic rings. The summed E-state index contributed by atoms with van der Waals surface area (Å²) in [6, 6.07) is 0. The van der Waals surface area contributed by atoms with Crippen LogP contribution in [-0.2, 0) is 32.7 Å². The van der Waals surface area contributed by atoms with E-state index < -0.39 is 51.8 Å². The Morgan fingerprint density at radius 1 is 0.526 bits per heavy atom. The molecule has 3 N–H and O–H groups in total. The van der Waals surface area contributed by atoms with Crippen LogP contribution in [0.15, 0.2) is 60.8 Å². The van der Waals surface area contributed by atoms with Gasteiger partial charge in [0.1, 0.15) is 12.7 Å². The number of hydrogen-bond acceptors (Lipinski definition) is 9. The maximum atomic E-state index is 12.6. The molecule has 0 amide bonds. The van der Waals surface area contributed by atoms with E-state index in [1.165, 1.54) is 77.0 Å². The van der Waals surface area contributed by atoms with Crippen molar-refractivity contribution < 1.29 is 47.8 Å². The summed E-state index contributed by atoms with van der Waals surface area (Å²) in [7, 11) is -4.63. The van der Waals surface area contributed by atoms with E-state index in [1.807, 2.05) is 0 Å². The smallest absolute Gasteiger partial charge is 0.462 e. The predicted octanol–water partition coefficient (Wildman–Crippen LogP) is 11.9. The maximum absolute atomic E-state index is 12.6. The lowest BCUT2D eigenvalue weighted by Crippen LogP contribution is -2.29. The molecule has 330 valence electrons. The van der Waals surface area contributed by atoms with Crippen LogP contribution in [0.2, 0.25) is 0 Å². The molecule has 0 spiro atoms. The van der Waals surface area contributed by atoms with Crippen molar-refractivity contribution in [2.75, 3.05) is 26.4 Å². The largest absolute Gasteiger partial charge is 0.472 e. The second-order valence-electron chi connectivity index (χ2n) is 14.7. The molecule has 0 saturated heterocycles. The van der Waals surface area contributed by atoms with E-state index in [1.54, 1.807) is 0 Å². The first-order valence-corrected chi connectivity index (χ1v) is 23.7. The van der Waals surface area contributed by atoms with Crippen molar-refractivity contribution in [1.29, 1.82) is 0 Å². The Morgan fingerprint density at radius 3 is 1.42 bits per heavy atom. The molecule has 0 aliphatic heterocycles. The van der Waals surface area contributed by atoms with Gasteiger partial charge in [-0.25, -0.2) is 4.57 Å². The minimum Gasteiger partial charge on any atom is -0.462 e. The number of carbonyl (C=O) groups is 2. The molecular formula is C46H81O10P. The van der Waals surface area contributed by atoms with Gasteiger partial charge in [0, 0.05) is 12.8 Å². The Bertz CT molecular complexity index is 1130. The lowest BCUT2D eigenvalue weighted by molar-refractivity contribution is -0.161. The Kier molecular flexibility index (Phi) is 40.1. The first-order valence-electron chi connectivity index (χ1n) is 22.2. The molecule has 57 heavy (non-hydrogen) atoms. The molecule has 0 rings (SSSR count). The number of aliphatic hydroxyl groups is 2. The standard InChI is InChI=1S/C46H81O10P/c1-3-5-7-9-11-13-15-17-19-20-21-22-24-25-27-29-31-33-35-37-45(49)53-41-44(42-55-57(51,52)54-40-43(48)39-47)56-46(50)38-36-34-32-30-28-26-23-18-16-14-12-10-8-6-4-2/h11,13,17,19,21-22,25-28,43-44,47-48H,3-10,12,14-16,18,20,23-24,29-42H2,1-2H3,(H,51,52)/b13-11+,19-17+,22-21+,27-25+,28-26+/t43-,44+/m0/s1. The van der Waals surface area contributed by atoms with Gasteiger partial charge in [0.25, 0.3) is 0 Å². The summed E-state index contributed by atoms with van der Waals surface area (Å²) in [5, 5.41) is 18.3. The summed E-state index contributed by atoms with van der Waals surface area (Å²) in [5.41, 5.74) is 0. The van der Waals surface area contributed by atoms with Gasteiger partial charge < -0.3 is 24.6 Å². The highest BCUT2D eigenvalue weighted by Crippen LogP contribution is 2.43. The molecule has 10 nitrogen and oxygen atoms in total. The molecule has 0 heterocycles. The fourth-order valence-corrected chi connectivity index (χ4v) is 6.47. The number of aliphatic hydroxyl groups excluding tert-OH is 2. The lowest BCUT2D eigenvalue weighted by Gasteiger charge is -2.20. The number of allylic oxidation sites excluding steroid dienone is 10. The fourth-order valence-electron chi connectivity index (χ4n) is 5.68. The van der Waals surface area contributed by atoms with Crippen LogP contribution in [0.25, 0.3) is 0 Å². The number of hydrogen-bond donors (Lipinski definition) is 3. The molecule has 0 aliphatic carbocycles. The van der Waals surface area contributed by atoms with Crippen molar-refractivity contribution in [2.45, 2.75) is 193 Å². The summed E-state index contributed by atoms with van der Waals surface area (Å²) >= 11 is 0. The van der Waals surface area contributed by atoms with E-state index in [-0.39, 0.29) is 19.4 Å². The highest BCUT2D eigenvalue weighted by atomic mass is 31.2. The quantitative estimate of drug-likeness (QED) is 0.0235. The van der Waals surface area contributed by atoms with Crippen LogP contribution in [0.3, 0.4) is 0 Å². The summed E-state index contributed by atoms with van der Waals surface area (Å²) < 4.78 is 32.7. The highest BCUT2D eigenvalue weighted by Gasteiger charge is 2.27. The Balaban J connectivity index is 4.37. The molecule has 11 heteroatoms. The Morgan fingerprint density at radius 2 is 0.912 bits per heavy atom. The van der Waals surface area contributed by atoms with Gasteiger partial charge in [-0.1, -0.05) is 145 Å². The first-order chi connectivity index (χ1) is 27.7. The van der Waals surface area contributed by atoms with Crippen LogP contribution in [0.4, 0.5) is 0 Å². The zero-order chi connectivity index (χ0) is 41.9. The van der Waals surface area contributed by atoms with E-state index in [9.17, 15) is 24.2 Å². The van der Waals surface area contributed by atoms with Crippen LogP contribution in [0.1, 0.15) is 181 Å². The van der Waals surface area contributed by atoms with Crippen LogP contribution in [0.5, 0.6) is 0 Å². The SMILES string of the molecule is CCCCC/C=C/C/C=C/C/C=C/C/C=C/CCCCCC(=O)OC[C@H](COP(=O)(O)OC[C@@H](O)CO)OC(=O)CCCCC/C=C/CCCCCCCCCC. The number of esters is 2. The van der Waals surface area contributed by atoms with Crippen molar-refractivity contribution >= 4 is 19.8 Å². The van der Waals surface area contributed by atoms with E-state index in [0.717, 1.165) is 64.2 Å². The van der Waals surface area contributed by atoms with Gasteiger partial charge in [0.2, 0.25) is 0 Å². The molecule has 3 atom stereocenters. The second kappa shape index (κ2) is 41.8. The normalized spacial score (nSPS) is 14.4. The van der Waals surface area contributed by atoms with E-state index in [4.69, 9.17) is 19.1 Å². The van der Waals surface area contributed by atoms with Crippen molar-refractivity contribution in [3.05, 3.63) is 60.8 Å². The highest BCUT2D eigenvalue weighted by molar-refractivity contribution is 7.47. The van der Waals surface area contributed by atoms with Gasteiger partial charge in [0.15, 0.2) is 6.10 Å². The number of phosphoric ester groups is 1. The van der Waals surface area contributed by atoms with Crippen molar-refractivity contribution in [3.63, 3.8) is 0 Å². The zero-order valence-corrected chi connectivity index (χ0v) is 36.7. The minimum absolute atomic E-state index is 0.155. The third kappa shape index (κ3) is 41.6. The molecule has 0 saturated carbocycles. The van der Waals surface area contributed by atoms with Gasteiger partial charge in [-0.3, -0.25) is 18.6 Å². The Hall–Kier alpha value is -2.33. The molecule has 0 aromatic carbocycles. The average Bonchev–Trinajstić information content (AvgIpc) is 3.20. The number of ether oxygens (including phenoxy) is 2. The predicted molar refractivity (Wildman–Crippen MR) is 233 cm³/mol. The van der Waals surface area contributed by atoms with Gasteiger partial charge in [-0.05, 0) is 83.5 Å². The lowest BCUT2D eigenvalue weighted by atomic mass is 10.1. The molecule has 0 fully saturated rings. The van der Waals surface area contributed by atoms with E-state index >= 15 is 0 Å². The number of carbonyl (C=O) groups excluding carboxylic acids is 2. The number of rotatable bonds is 41. The van der Waals surface area contributed by atoms with E-state index in [2.05, 4.69) is 79.1 Å². The molecule has 0 aromatic heterocycles. The zero-order valence-electron chi connectivity index (χ0n) is 35.8. The fraction of sp³-hybridized carbons (Fsp3) is 0.739. The average molecular weight is 825 g/mol. The van der Waals surface area contributed by atoms with Gasteiger partial charge in [-0.15, -0.1) is 0 Å². The van der Waals surface area contributed by atoms with Crippen LogP contribution >= 0.6 is 7.82 Å². The number of phosphoric acid groups is 1. The molecule has 0 radical (unpaired) electrons. The summed E-state index contributed by atoms with van der Waals surface area (Å²) in [6.45, 7) is 2.29. The molecule has 1 unspecified atom stereocenters. The molecule has 0 bridgehead atoms. The summed E-state index contributed by atoms with van der Waals surface area (Å²) in [6.07, 6.45) is 46.1. The molecular weight excluding hydrogens is 743 g/mol. The van der Waals surface area contributed by atoms with Crippen molar-refractivity contribution in [3.8, 4) is 0 Å². The third-order valence-corrected chi connectivity index (χ3v) is 10.1. The van der Waals surface area contributed by atoms with Crippen LogP contribution in [-0.4, -0.2) is 65.7 Å². The van der Waals surface area contributed by atoms with Crippen LogP contribution in [0, 0.1) is 0 Å². The van der Waals surface area contributed by atoms with Gasteiger partial charge in [-0.2, -0.15) is 0 Å². The minimum atomic E-state index is -4.63. The summed E-state index contributed by atoms with van der Waals surface area (Å²) in [5.74, 6) is -0.982. The van der Waals surface area contributed by atoms with E-state index in [0.29, 0.717) is 12.8 Å². The molecule has 0 aromatic rings. The number of unbranched alkanes of at least 4 members (excludes halogenated alkanes) is 17. The van der Waals surface area contributed by atoms with Crippen molar-refractivity contribution in [2.24, 2.45) is 0 Å². The van der Waals surface area contributed by atoms with Crippen LogP contribution < -0.4 is 0 Å². The summed E-state index contributed by atoms with van der Waals surface area (Å²) in [4.78, 5) is 35.0. The third-order valence-electron chi connectivity index (χ3n) is 9.14. The van der Waals surface area contributed by atoms with Gasteiger partial charge >= 0.3 is 19.8 Å².